The highest BCUT2D eigenvalue weighted by molar-refractivity contribution is 7.89. The van der Waals surface area contributed by atoms with Crippen molar-refractivity contribution >= 4 is 10.0 Å². The molecule has 1 saturated heterocycles. The number of nitrogens with one attached hydrogen (secondary N) is 1. The van der Waals surface area contributed by atoms with Crippen LogP contribution < -0.4 is 5.32 Å². The van der Waals surface area contributed by atoms with Crippen LogP contribution in [0.2, 0.25) is 0 Å². The lowest BCUT2D eigenvalue weighted by Gasteiger charge is -2.26. The second-order valence-corrected chi connectivity index (χ2v) is 7.10. The molecule has 1 unspecified atom stereocenters. The van der Waals surface area contributed by atoms with Gasteiger partial charge in [-0.05, 0) is 38.3 Å². The Morgan fingerprint density at radius 1 is 1.31 bits per heavy atom. The molecule has 1 aliphatic heterocycles. The summed E-state index contributed by atoms with van der Waals surface area (Å²) in [6, 6.07) is 0.179. The van der Waals surface area contributed by atoms with Gasteiger partial charge in [-0.15, -0.1) is 0 Å². The van der Waals surface area contributed by atoms with E-state index in [-0.39, 0.29) is 17.7 Å². The van der Waals surface area contributed by atoms with Crippen molar-refractivity contribution in [1.82, 2.24) is 9.62 Å². The summed E-state index contributed by atoms with van der Waals surface area (Å²) in [5.41, 5.74) is 0. The highest BCUT2D eigenvalue weighted by Crippen LogP contribution is 2.16. The van der Waals surface area contributed by atoms with Gasteiger partial charge in [-0.3, -0.25) is 0 Å². The Bertz CT molecular complexity index is 293. The lowest BCUT2D eigenvalue weighted by molar-refractivity contribution is 0.339. The Morgan fingerprint density at radius 3 is 2.62 bits per heavy atom. The fourth-order valence-electron chi connectivity index (χ4n) is 2.13. The first-order valence-electron chi connectivity index (χ1n) is 6.10. The first-order chi connectivity index (χ1) is 7.43. The van der Waals surface area contributed by atoms with Crippen LogP contribution in [0.4, 0.5) is 0 Å². The Hall–Kier alpha value is -0.130. The first-order valence-corrected chi connectivity index (χ1v) is 7.71. The summed E-state index contributed by atoms with van der Waals surface area (Å²) in [5, 5.41) is 3.30. The van der Waals surface area contributed by atoms with E-state index in [4.69, 9.17) is 0 Å². The monoisotopic (exact) mass is 248 g/mol. The van der Waals surface area contributed by atoms with E-state index in [9.17, 15) is 8.42 Å². The molecule has 0 aromatic rings. The van der Waals surface area contributed by atoms with Crippen LogP contribution in [0.15, 0.2) is 0 Å². The van der Waals surface area contributed by atoms with Gasteiger partial charge in [-0.1, -0.05) is 13.8 Å². The average molecular weight is 248 g/mol. The molecule has 5 heteroatoms. The van der Waals surface area contributed by atoms with E-state index in [0.717, 1.165) is 32.4 Å². The summed E-state index contributed by atoms with van der Waals surface area (Å²) in [5.74, 6) is 0.448. The Kier molecular flexibility index (Phi) is 5.21. The molecule has 0 aliphatic carbocycles. The molecule has 0 amide bonds. The van der Waals surface area contributed by atoms with Gasteiger partial charge >= 0.3 is 0 Å². The van der Waals surface area contributed by atoms with E-state index in [0.29, 0.717) is 0 Å². The van der Waals surface area contributed by atoms with Crippen LogP contribution in [-0.2, 0) is 10.0 Å². The van der Waals surface area contributed by atoms with Crippen molar-refractivity contribution < 1.29 is 8.42 Å². The van der Waals surface area contributed by atoms with Gasteiger partial charge in [0.1, 0.15) is 0 Å². The van der Waals surface area contributed by atoms with Gasteiger partial charge in [0.2, 0.25) is 10.0 Å². The fourth-order valence-corrected chi connectivity index (χ4v) is 3.87. The van der Waals surface area contributed by atoms with Crippen molar-refractivity contribution in [2.75, 3.05) is 25.9 Å². The van der Waals surface area contributed by atoms with Gasteiger partial charge in [-0.2, -0.15) is 0 Å². The maximum atomic E-state index is 12.1. The van der Waals surface area contributed by atoms with Crippen LogP contribution in [0.25, 0.3) is 0 Å². The molecule has 4 nitrogen and oxygen atoms in total. The number of sulfonamides is 1. The van der Waals surface area contributed by atoms with Gasteiger partial charge in [-0.25, -0.2) is 12.7 Å². The number of hydrogen-bond donors (Lipinski definition) is 1. The van der Waals surface area contributed by atoms with E-state index in [1.54, 1.807) is 11.4 Å². The molecule has 1 fully saturated rings. The molecule has 1 heterocycles. The first kappa shape index (κ1) is 13.9. The quantitative estimate of drug-likeness (QED) is 0.809. The molecule has 1 N–H and O–H groups in total. The van der Waals surface area contributed by atoms with Gasteiger partial charge in [0, 0.05) is 13.1 Å². The summed E-state index contributed by atoms with van der Waals surface area (Å²) in [6.07, 6.45) is 2.96. The molecule has 1 rings (SSSR count). The van der Waals surface area contributed by atoms with Crippen LogP contribution in [0.1, 0.15) is 33.1 Å². The molecule has 0 aromatic heterocycles. The molecule has 96 valence electrons. The molecule has 0 bridgehead atoms. The molecular weight excluding hydrogens is 224 g/mol. The molecular formula is C11H24N2O2S. The van der Waals surface area contributed by atoms with Crippen molar-refractivity contribution in [3.63, 3.8) is 0 Å². The predicted molar refractivity (Wildman–Crippen MR) is 66.9 cm³/mol. The zero-order valence-electron chi connectivity index (χ0n) is 10.6. The summed E-state index contributed by atoms with van der Waals surface area (Å²) >= 11 is 0. The van der Waals surface area contributed by atoms with Crippen LogP contribution in [0, 0.1) is 5.92 Å². The second kappa shape index (κ2) is 5.98. The zero-order valence-corrected chi connectivity index (χ0v) is 11.4. The summed E-state index contributed by atoms with van der Waals surface area (Å²) in [7, 11) is -1.34. The smallest absolute Gasteiger partial charge is 0.214 e. The second-order valence-electron chi connectivity index (χ2n) is 5.02. The van der Waals surface area contributed by atoms with E-state index >= 15 is 0 Å². The van der Waals surface area contributed by atoms with Gasteiger partial charge in [0.05, 0.1) is 5.75 Å². The normalized spacial score (nSPS) is 23.7. The van der Waals surface area contributed by atoms with Crippen molar-refractivity contribution in [3.05, 3.63) is 0 Å². The SMILES string of the molecule is CC(C)CS(=O)(=O)N(C)C1CCCNCC1. The number of rotatable bonds is 4. The van der Waals surface area contributed by atoms with Gasteiger partial charge < -0.3 is 5.32 Å². The maximum Gasteiger partial charge on any atom is 0.214 e. The highest BCUT2D eigenvalue weighted by atomic mass is 32.2. The Labute approximate surface area is 99.5 Å². The lowest BCUT2D eigenvalue weighted by atomic mass is 10.1. The minimum absolute atomic E-state index is 0.179. The lowest BCUT2D eigenvalue weighted by Crippen LogP contribution is -2.39. The van der Waals surface area contributed by atoms with Gasteiger partial charge in [0.25, 0.3) is 0 Å². The minimum atomic E-state index is -3.07. The van der Waals surface area contributed by atoms with Gasteiger partial charge in [0.15, 0.2) is 0 Å². The summed E-state index contributed by atoms with van der Waals surface area (Å²) < 4.78 is 25.7. The van der Waals surface area contributed by atoms with Crippen LogP contribution in [0.5, 0.6) is 0 Å². The van der Waals surface area contributed by atoms with Crippen LogP contribution in [-0.4, -0.2) is 44.7 Å². The molecule has 16 heavy (non-hydrogen) atoms. The van der Waals surface area contributed by atoms with Crippen molar-refractivity contribution in [3.8, 4) is 0 Å². The summed E-state index contributed by atoms with van der Waals surface area (Å²) in [6.45, 7) is 5.82. The molecule has 1 atom stereocenters. The zero-order chi connectivity index (χ0) is 12.2. The third kappa shape index (κ3) is 4.03. The van der Waals surface area contributed by atoms with E-state index < -0.39 is 10.0 Å². The predicted octanol–water partition coefficient (Wildman–Crippen LogP) is 1.05. The molecule has 0 radical (unpaired) electrons. The third-order valence-corrected chi connectivity index (χ3v) is 5.31. The van der Waals surface area contributed by atoms with Crippen molar-refractivity contribution in [2.45, 2.75) is 39.2 Å². The van der Waals surface area contributed by atoms with Crippen LogP contribution >= 0.6 is 0 Å². The van der Waals surface area contributed by atoms with Crippen molar-refractivity contribution in [2.24, 2.45) is 5.92 Å². The molecule has 0 saturated carbocycles. The average Bonchev–Trinajstić information content (AvgIpc) is 2.42. The molecule has 1 aliphatic rings. The number of hydrogen-bond acceptors (Lipinski definition) is 3. The largest absolute Gasteiger partial charge is 0.317 e. The maximum absolute atomic E-state index is 12.1. The topological polar surface area (TPSA) is 49.4 Å². The minimum Gasteiger partial charge on any atom is -0.317 e. The standard InChI is InChI=1S/C11H24N2O2S/c1-10(2)9-16(14,15)13(3)11-5-4-7-12-8-6-11/h10-12H,4-9H2,1-3H3. The Balaban J connectivity index is 2.63. The third-order valence-electron chi connectivity index (χ3n) is 3.04. The van der Waals surface area contributed by atoms with Crippen LogP contribution in [0.3, 0.4) is 0 Å². The molecule has 0 spiro atoms. The molecule has 0 aromatic carbocycles. The van der Waals surface area contributed by atoms with E-state index in [2.05, 4.69) is 5.32 Å². The number of nitrogens with zero attached hydrogens (tertiary/aromatic N) is 1. The van der Waals surface area contributed by atoms with E-state index in [1.807, 2.05) is 13.8 Å². The Morgan fingerprint density at radius 2 is 2.00 bits per heavy atom. The summed E-state index contributed by atoms with van der Waals surface area (Å²) in [4.78, 5) is 0. The highest BCUT2D eigenvalue weighted by Gasteiger charge is 2.27. The van der Waals surface area contributed by atoms with E-state index in [1.165, 1.54) is 0 Å². The fraction of sp³-hybridized carbons (Fsp3) is 1.00. The van der Waals surface area contributed by atoms with Crippen molar-refractivity contribution in [1.29, 1.82) is 0 Å².